The average molecular weight is 324 g/mol. The number of rotatable bonds is 11. The average Bonchev–Trinajstić information content (AvgIpc) is 2.66. The first kappa shape index (κ1) is 20.5. The molecule has 0 spiro atoms. The van der Waals surface area contributed by atoms with Crippen LogP contribution in [0.1, 0.15) is 97.8 Å². The monoisotopic (exact) mass is 323 g/mol. The van der Waals surface area contributed by atoms with Crippen molar-refractivity contribution in [3.8, 4) is 0 Å². The molecule has 136 valence electrons. The number of amidine groups is 1. The van der Waals surface area contributed by atoms with Crippen molar-refractivity contribution >= 4 is 5.84 Å². The summed E-state index contributed by atoms with van der Waals surface area (Å²) in [6.45, 7) is 8.96. The van der Waals surface area contributed by atoms with Gasteiger partial charge < -0.3 is 5.43 Å². The molecular formula is C20H41N3. The van der Waals surface area contributed by atoms with Gasteiger partial charge in [0.25, 0.3) is 0 Å². The highest BCUT2D eigenvalue weighted by Gasteiger charge is 2.17. The highest BCUT2D eigenvalue weighted by molar-refractivity contribution is 5.84. The predicted octanol–water partition coefficient (Wildman–Crippen LogP) is 5.47. The molecule has 0 aliphatic carbocycles. The van der Waals surface area contributed by atoms with E-state index in [4.69, 9.17) is 4.99 Å². The van der Waals surface area contributed by atoms with E-state index < -0.39 is 0 Å². The Morgan fingerprint density at radius 2 is 1.65 bits per heavy atom. The summed E-state index contributed by atoms with van der Waals surface area (Å²) in [6.07, 6.45) is 16.0. The van der Waals surface area contributed by atoms with Gasteiger partial charge in [-0.25, -0.2) is 5.43 Å². The second kappa shape index (κ2) is 13.8. The largest absolute Gasteiger partial charge is 0.309 e. The van der Waals surface area contributed by atoms with Gasteiger partial charge in [0.2, 0.25) is 0 Å². The minimum atomic E-state index is 0.626. The highest BCUT2D eigenvalue weighted by atomic mass is 15.4. The van der Waals surface area contributed by atoms with E-state index in [2.05, 4.69) is 31.6 Å². The SMILES string of the molecule is CCCCCCC(CCCCCC)C1=NCC(C)CCCNN1. The number of unbranched alkanes of at least 4 members (excludes halogenated alkanes) is 6. The Kier molecular flexibility index (Phi) is 12.3. The van der Waals surface area contributed by atoms with Crippen LogP contribution >= 0.6 is 0 Å². The lowest BCUT2D eigenvalue weighted by molar-refractivity contribution is 0.475. The van der Waals surface area contributed by atoms with Crippen molar-refractivity contribution in [3.63, 3.8) is 0 Å². The normalized spacial score (nSPS) is 19.7. The van der Waals surface area contributed by atoms with Gasteiger partial charge in [-0.2, -0.15) is 0 Å². The molecule has 1 rings (SSSR count). The molecule has 1 aliphatic heterocycles. The van der Waals surface area contributed by atoms with Crippen LogP contribution in [0.3, 0.4) is 0 Å². The molecule has 0 bridgehead atoms. The second-order valence-electron chi connectivity index (χ2n) is 7.42. The van der Waals surface area contributed by atoms with Gasteiger partial charge in [-0.15, -0.1) is 0 Å². The third-order valence-electron chi connectivity index (χ3n) is 4.99. The number of nitrogens with zero attached hydrogens (tertiary/aromatic N) is 1. The number of hydrogen-bond donors (Lipinski definition) is 2. The number of aliphatic imine (C=N–C) groups is 1. The molecule has 1 heterocycles. The van der Waals surface area contributed by atoms with E-state index in [1.54, 1.807) is 0 Å². The molecule has 0 aromatic rings. The fourth-order valence-electron chi connectivity index (χ4n) is 3.36. The topological polar surface area (TPSA) is 36.4 Å². The van der Waals surface area contributed by atoms with E-state index in [1.807, 2.05) is 0 Å². The Morgan fingerprint density at radius 3 is 2.26 bits per heavy atom. The van der Waals surface area contributed by atoms with Crippen LogP contribution in [0.5, 0.6) is 0 Å². The molecule has 0 fully saturated rings. The van der Waals surface area contributed by atoms with Crippen LogP contribution in [0.2, 0.25) is 0 Å². The van der Waals surface area contributed by atoms with Crippen molar-refractivity contribution in [1.82, 2.24) is 10.9 Å². The van der Waals surface area contributed by atoms with Gasteiger partial charge >= 0.3 is 0 Å². The molecule has 0 aromatic carbocycles. The Balaban J connectivity index is 2.55. The summed E-state index contributed by atoms with van der Waals surface area (Å²) >= 11 is 0. The molecule has 0 radical (unpaired) electrons. The highest BCUT2D eigenvalue weighted by Crippen LogP contribution is 2.20. The molecule has 1 unspecified atom stereocenters. The predicted molar refractivity (Wildman–Crippen MR) is 103 cm³/mol. The Morgan fingerprint density at radius 1 is 1.00 bits per heavy atom. The summed E-state index contributed by atoms with van der Waals surface area (Å²) in [5.41, 5.74) is 6.86. The minimum absolute atomic E-state index is 0.626. The summed E-state index contributed by atoms with van der Waals surface area (Å²) in [5.74, 6) is 2.58. The first-order valence-corrected chi connectivity index (χ1v) is 10.3. The first-order chi connectivity index (χ1) is 11.3. The van der Waals surface area contributed by atoms with E-state index in [-0.39, 0.29) is 0 Å². The third kappa shape index (κ3) is 10.0. The molecule has 0 saturated carbocycles. The molecule has 1 atom stereocenters. The lowest BCUT2D eigenvalue weighted by Gasteiger charge is -2.21. The van der Waals surface area contributed by atoms with Crippen molar-refractivity contribution < 1.29 is 0 Å². The summed E-state index contributed by atoms with van der Waals surface area (Å²) in [7, 11) is 0. The number of hydrazine groups is 1. The Hall–Kier alpha value is -0.570. The summed E-state index contributed by atoms with van der Waals surface area (Å²) in [6, 6.07) is 0. The van der Waals surface area contributed by atoms with Crippen molar-refractivity contribution in [3.05, 3.63) is 0 Å². The van der Waals surface area contributed by atoms with Crippen LogP contribution in [-0.4, -0.2) is 18.9 Å². The van der Waals surface area contributed by atoms with Crippen molar-refractivity contribution in [2.45, 2.75) is 97.8 Å². The number of hydrogen-bond acceptors (Lipinski definition) is 3. The summed E-state index contributed by atoms with van der Waals surface area (Å²) < 4.78 is 0. The van der Waals surface area contributed by atoms with Crippen LogP contribution in [0, 0.1) is 11.8 Å². The fourth-order valence-corrected chi connectivity index (χ4v) is 3.36. The van der Waals surface area contributed by atoms with E-state index >= 15 is 0 Å². The smallest absolute Gasteiger partial charge is 0.114 e. The zero-order chi connectivity index (χ0) is 16.8. The maximum absolute atomic E-state index is 4.97. The van der Waals surface area contributed by atoms with Gasteiger partial charge in [0.1, 0.15) is 5.84 Å². The maximum atomic E-state index is 4.97. The van der Waals surface area contributed by atoms with E-state index in [1.165, 1.54) is 82.9 Å². The van der Waals surface area contributed by atoms with Crippen molar-refractivity contribution in [2.24, 2.45) is 16.8 Å². The van der Waals surface area contributed by atoms with Gasteiger partial charge in [0.05, 0.1) is 0 Å². The van der Waals surface area contributed by atoms with Gasteiger partial charge in [-0.1, -0.05) is 72.1 Å². The van der Waals surface area contributed by atoms with Crippen LogP contribution < -0.4 is 10.9 Å². The zero-order valence-electron chi connectivity index (χ0n) is 16.0. The minimum Gasteiger partial charge on any atom is -0.309 e. The van der Waals surface area contributed by atoms with Gasteiger partial charge in [-0.05, 0) is 31.6 Å². The lowest BCUT2D eigenvalue weighted by Crippen LogP contribution is -2.41. The molecule has 3 nitrogen and oxygen atoms in total. The van der Waals surface area contributed by atoms with Crippen LogP contribution in [0.25, 0.3) is 0 Å². The number of nitrogens with one attached hydrogen (secondary N) is 2. The summed E-state index contributed by atoms with van der Waals surface area (Å²) in [5, 5.41) is 0. The quantitative estimate of drug-likeness (QED) is 0.495. The van der Waals surface area contributed by atoms with Crippen molar-refractivity contribution in [1.29, 1.82) is 0 Å². The lowest BCUT2D eigenvalue weighted by atomic mass is 9.93. The molecule has 1 aliphatic rings. The molecular weight excluding hydrogens is 282 g/mol. The molecule has 0 saturated heterocycles. The molecule has 0 aromatic heterocycles. The molecule has 2 N–H and O–H groups in total. The molecule has 0 amide bonds. The van der Waals surface area contributed by atoms with E-state index in [0.29, 0.717) is 11.8 Å². The van der Waals surface area contributed by atoms with Crippen LogP contribution in [0.4, 0.5) is 0 Å². The van der Waals surface area contributed by atoms with Crippen LogP contribution in [0.15, 0.2) is 4.99 Å². The van der Waals surface area contributed by atoms with Gasteiger partial charge in [-0.3, -0.25) is 4.99 Å². The van der Waals surface area contributed by atoms with E-state index in [0.717, 1.165) is 13.1 Å². The van der Waals surface area contributed by atoms with E-state index in [9.17, 15) is 0 Å². The standard InChI is InChI=1S/C20H41N3/c1-4-6-8-10-14-19(15-11-9-7-5-2)20-21-17-18(3)13-12-16-22-23-20/h18-19,22H,4-17H2,1-3H3,(H,21,23). The molecule has 3 heteroatoms. The van der Waals surface area contributed by atoms with Gasteiger partial charge in [0, 0.05) is 19.0 Å². The van der Waals surface area contributed by atoms with Gasteiger partial charge in [0.15, 0.2) is 0 Å². The zero-order valence-corrected chi connectivity index (χ0v) is 16.0. The fraction of sp³-hybridized carbons (Fsp3) is 0.950. The Labute approximate surface area is 145 Å². The Bertz CT molecular complexity index is 289. The third-order valence-corrected chi connectivity index (χ3v) is 4.99. The maximum Gasteiger partial charge on any atom is 0.114 e. The first-order valence-electron chi connectivity index (χ1n) is 10.3. The molecule has 23 heavy (non-hydrogen) atoms. The second-order valence-corrected chi connectivity index (χ2v) is 7.42. The van der Waals surface area contributed by atoms with Crippen LogP contribution in [-0.2, 0) is 0 Å². The summed E-state index contributed by atoms with van der Waals surface area (Å²) in [4.78, 5) is 4.97. The van der Waals surface area contributed by atoms with Crippen molar-refractivity contribution in [2.75, 3.05) is 13.1 Å².